The van der Waals surface area contributed by atoms with Crippen LogP contribution in [0.25, 0.3) is 16.6 Å². The highest BCUT2D eigenvalue weighted by molar-refractivity contribution is 9.10. The highest BCUT2D eigenvalue weighted by Crippen LogP contribution is 2.32. The fourth-order valence-electron chi connectivity index (χ4n) is 4.93. The fourth-order valence-corrected chi connectivity index (χ4v) is 5.42. The zero-order valence-electron chi connectivity index (χ0n) is 19.3. The molecule has 2 aromatic heterocycles. The van der Waals surface area contributed by atoms with Crippen LogP contribution >= 0.6 is 27.5 Å². The molecule has 0 amide bonds. The standard InChI is InChI=1S/C27H26BrClN4O/c1-17-14-20(18(2)32(17)23-11-9-22(29)10-12-23)16-30-33-26(19-6-4-3-5-7-19)31-25-13-8-21(28)15-24(25)27(33)34/h8-16,19H,3-7H2,1-2H3. The van der Waals surface area contributed by atoms with Crippen LogP contribution in [-0.4, -0.2) is 20.4 Å². The van der Waals surface area contributed by atoms with E-state index in [0.29, 0.717) is 10.4 Å². The molecule has 1 saturated carbocycles. The van der Waals surface area contributed by atoms with Crippen LogP contribution in [-0.2, 0) is 0 Å². The van der Waals surface area contributed by atoms with Crippen molar-refractivity contribution in [1.29, 1.82) is 0 Å². The topological polar surface area (TPSA) is 52.2 Å². The van der Waals surface area contributed by atoms with Crippen LogP contribution in [0, 0.1) is 13.8 Å². The largest absolute Gasteiger partial charge is 0.318 e. The van der Waals surface area contributed by atoms with Gasteiger partial charge in [-0.3, -0.25) is 4.79 Å². The first-order valence-corrected chi connectivity index (χ1v) is 12.8. The molecule has 1 fully saturated rings. The zero-order chi connectivity index (χ0) is 23.8. The molecular formula is C27H26BrClN4O. The van der Waals surface area contributed by atoms with Crippen molar-refractivity contribution in [3.05, 3.63) is 91.2 Å². The lowest BCUT2D eigenvalue weighted by atomic mass is 9.88. The summed E-state index contributed by atoms with van der Waals surface area (Å²) < 4.78 is 4.54. The molecule has 0 bridgehead atoms. The minimum Gasteiger partial charge on any atom is -0.318 e. The summed E-state index contributed by atoms with van der Waals surface area (Å²) in [5.41, 5.74) is 4.73. The Morgan fingerprint density at radius 3 is 2.53 bits per heavy atom. The highest BCUT2D eigenvalue weighted by atomic mass is 79.9. The third-order valence-electron chi connectivity index (χ3n) is 6.67. The molecule has 0 aliphatic heterocycles. The summed E-state index contributed by atoms with van der Waals surface area (Å²) in [4.78, 5) is 18.5. The summed E-state index contributed by atoms with van der Waals surface area (Å²) in [6.07, 6.45) is 7.41. The summed E-state index contributed by atoms with van der Waals surface area (Å²) in [5.74, 6) is 1.01. The van der Waals surface area contributed by atoms with Gasteiger partial charge in [-0.05, 0) is 75.2 Å². The van der Waals surface area contributed by atoms with Crippen molar-refractivity contribution in [3.63, 3.8) is 0 Å². The number of aromatic nitrogens is 3. The Kier molecular flexibility index (Phi) is 6.45. The predicted octanol–water partition coefficient (Wildman–Crippen LogP) is 7.15. The number of benzene rings is 2. The Balaban J connectivity index is 1.61. The number of hydrogen-bond acceptors (Lipinski definition) is 3. The van der Waals surface area contributed by atoms with E-state index in [0.717, 1.165) is 64.1 Å². The van der Waals surface area contributed by atoms with E-state index in [2.05, 4.69) is 40.4 Å². The minimum atomic E-state index is -0.130. The first kappa shape index (κ1) is 23.1. The lowest BCUT2D eigenvalue weighted by molar-refractivity contribution is 0.416. The van der Waals surface area contributed by atoms with Crippen LogP contribution in [0.1, 0.15) is 60.8 Å². The van der Waals surface area contributed by atoms with Crippen molar-refractivity contribution in [2.45, 2.75) is 51.9 Å². The van der Waals surface area contributed by atoms with Crippen molar-refractivity contribution in [2.24, 2.45) is 5.10 Å². The van der Waals surface area contributed by atoms with Gasteiger partial charge < -0.3 is 4.57 Å². The Morgan fingerprint density at radius 2 is 1.79 bits per heavy atom. The average molecular weight is 538 g/mol. The maximum absolute atomic E-state index is 13.5. The van der Waals surface area contributed by atoms with Crippen molar-refractivity contribution < 1.29 is 0 Å². The Labute approximate surface area is 212 Å². The summed E-state index contributed by atoms with van der Waals surface area (Å²) in [6, 6.07) is 15.5. The van der Waals surface area contributed by atoms with Gasteiger partial charge >= 0.3 is 0 Å². The smallest absolute Gasteiger partial charge is 0.282 e. The van der Waals surface area contributed by atoms with Crippen LogP contribution in [0.15, 0.2) is 62.9 Å². The Bertz CT molecular complexity index is 1450. The SMILES string of the molecule is Cc1cc(C=Nn2c(C3CCCCC3)nc3ccc(Br)cc3c2=O)c(C)n1-c1ccc(Cl)cc1. The second kappa shape index (κ2) is 9.51. The van der Waals surface area contributed by atoms with E-state index in [1.807, 2.05) is 42.5 Å². The third-order valence-corrected chi connectivity index (χ3v) is 7.42. The lowest BCUT2D eigenvalue weighted by Gasteiger charge is -2.22. The highest BCUT2D eigenvalue weighted by Gasteiger charge is 2.22. The lowest BCUT2D eigenvalue weighted by Crippen LogP contribution is -2.25. The van der Waals surface area contributed by atoms with Gasteiger partial charge in [0.15, 0.2) is 0 Å². The van der Waals surface area contributed by atoms with Gasteiger partial charge in [0.25, 0.3) is 5.56 Å². The van der Waals surface area contributed by atoms with Gasteiger partial charge in [0.2, 0.25) is 0 Å². The molecule has 4 aromatic rings. The molecule has 1 aliphatic rings. The molecule has 34 heavy (non-hydrogen) atoms. The van der Waals surface area contributed by atoms with E-state index in [4.69, 9.17) is 21.7 Å². The number of nitrogens with zero attached hydrogens (tertiary/aromatic N) is 4. The summed E-state index contributed by atoms with van der Waals surface area (Å²) in [7, 11) is 0. The first-order chi connectivity index (χ1) is 16.4. The molecule has 0 unspecified atom stereocenters. The number of rotatable bonds is 4. The van der Waals surface area contributed by atoms with E-state index in [1.54, 1.807) is 6.21 Å². The van der Waals surface area contributed by atoms with Gasteiger partial charge in [-0.2, -0.15) is 9.78 Å². The number of fused-ring (bicyclic) bond motifs is 1. The normalized spacial score (nSPS) is 14.9. The fraction of sp³-hybridized carbons (Fsp3) is 0.296. The maximum atomic E-state index is 13.5. The van der Waals surface area contributed by atoms with Gasteiger partial charge in [0.05, 0.1) is 17.1 Å². The van der Waals surface area contributed by atoms with Crippen molar-refractivity contribution in [2.75, 3.05) is 0 Å². The predicted molar refractivity (Wildman–Crippen MR) is 143 cm³/mol. The maximum Gasteiger partial charge on any atom is 0.282 e. The molecule has 2 aromatic carbocycles. The van der Waals surface area contributed by atoms with E-state index in [-0.39, 0.29) is 11.5 Å². The van der Waals surface area contributed by atoms with Crippen LogP contribution < -0.4 is 5.56 Å². The van der Waals surface area contributed by atoms with Crippen LogP contribution in [0.5, 0.6) is 0 Å². The van der Waals surface area contributed by atoms with E-state index >= 15 is 0 Å². The van der Waals surface area contributed by atoms with Gasteiger partial charge in [-0.15, -0.1) is 0 Å². The molecule has 0 spiro atoms. The average Bonchev–Trinajstić information content (AvgIpc) is 3.12. The van der Waals surface area contributed by atoms with Gasteiger partial charge in [0.1, 0.15) is 5.82 Å². The van der Waals surface area contributed by atoms with E-state index in [9.17, 15) is 4.79 Å². The van der Waals surface area contributed by atoms with Crippen LogP contribution in [0.3, 0.4) is 0 Å². The van der Waals surface area contributed by atoms with Gasteiger partial charge in [-0.25, -0.2) is 4.98 Å². The summed E-state index contributed by atoms with van der Waals surface area (Å²) >= 11 is 9.56. The molecule has 0 N–H and O–H groups in total. The molecule has 2 heterocycles. The van der Waals surface area contributed by atoms with Crippen LogP contribution in [0.2, 0.25) is 5.02 Å². The monoisotopic (exact) mass is 536 g/mol. The van der Waals surface area contributed by atoms with Gasteiger partial charge in [0, 0.05) is 38.1 Å². The van der Waals surface area contributed by atoms with Crippen molar-refractivity contribution in [3.8, 4) is 5.69 Å². The third kappa shape index (κ3) is 4.37. The molecule has 0 atom stereocenters. The number of aryl methyl sites for hydroxylation is 1. The molecule has 0 saturated heterocycles. The number of halogens is 2. The molecule has 5 nitrogen and oxygen atoms in total. The van der Waals surface area contributed by atoms with Crippen molar-refractivity contribution >= 4 is 44.6 Å². The first-order valence-electron chi connectivity index (χ1n) is 11.6. The Hall–Kier alpha value is -2.70. The van der Waals surface area contributed by atoms with E-state index < -0.39 is 0 Å². The van der Waals surface area contributed by atoms with Crippen LogP contribution in [0.4, 0.5) is 0 Å². The number of hydrogen-bond donors (Lipinski definition) is 0. The molecule has 1 aliphatic carbocycles. The molecule has 7 heteroatoms. The van der Waals surface area contributed by atoms with Gasteiger partial charge in [-0.1, -0.05) is 46.8 Å². The summed E-state index contributed by atoms with van der Waals surface area (Å²) in [5, 5.41) is 5.99. The van der Waals surface area contributed by atoms with E-state index in [1.165, 1.54) is 11.1 Å². The molecule has 5 rings (SSSR count). The van der Waals surface area contributed by atoms with Crippen molar-refractivity contribution in [1.82, 2.24) is 14.2 Å². The minimum absolute atomic E-state index is 0.130. The second-order valence-electron chi connectivity index (χ2n) is 8.97. The second-order valence-corrected chi connectivity index (χ2v) is 10.3. The molecular weight excluding hydrogens is 512 g/mol. The zero-order valence-corrected chi connectivity index (χ0v) is 21.6. The Morgan fingerprint density at radius 1 is 1.06 bits per heavy atom. The molecule has 0 radical (unpaired) electrons. The molecule has 174 valence electrons. The quantitative estimate of drug-likeness (QED) is 0.260. The summed E-state index contributed by atoms with van der Waals surface area (Å²) in [6.45, 7) is 4.12.